The SMILES string of the molecule is CC1CC(NCCc2ccc(Cl)s2)CCN1C. The third kappa shape index (κ3) is 3.95. The lowest BCUT2D eigenvalue weighted by Crippen LogP contribution is -2.45. The predicted molar refractivity (Wildman–Crippen MR) is 76.1 cm³/mol. The highest BCUT2D eigenvalue weighted by atomic mass is 35.5. The van der Waals surface area contributed by atoms with Gasteiger partial charge < -0.3 is 10.2 Å². The van der Waals surface area contributed by atoms with E-state index in [0.29, 0.717) is 12.1 Å². The number of nitrogens with one attached hydrogen (secondary N) is 1. The lowest BCUT2D eigenvalue weighted by Gasteiger charge is -2.35. The Kier molecular flexibility index (Phi) is 4.86. The quantitative estimate of drug-likeness (QED) is 0.906. The van der Waals surface area contributed by atoms with Crippen molar-refractivity contribution in [2.24, 2.45) is 0 Å². The van der Waals surface area contributed by atoms with Gasteiger partial charge in [0.15, 0.2) is 0 Å². The van der Waals surface area contributed by atoms with Crippen molar-refractivity contribution >= 4 is 22.9 Å². The van der Waals surface area contributed by atoms with E-state index >= 15 is 0 Å². The molecule has 17 heavy (non-hydrogen) atoms. The number of piperidine rings is 1. The summed E-state index contributed by atoms with van der Waals surface area (Å²) < 4.78 is 0.896. The van der Waals surface area contributed by atoms with Gasteiger partial charge in [0, 0.05) is 23.5 Å². The number of thiophene rings is 1. The van der Waals surface area contributed by atoms with Gasteiger partial charge in [-0.05, 0) is 51.9 Å². The monoisotopic (exact) mass is 272 g/mol. The largest absolute Gasteiger partial charge is 0.314 e. The number of hydrogen-bond donors (Lipinski definition) is 1. The van der Waals surface area contributed by atoms with Crippen molar-refractivity contribution in [2.75, 3.05) is 20.1 Å². The van der Waals surface area contributed by atoms with Crippen LogP contribution in [-0.4, -0.2) is 37.1 Å². The number of rotatable bonds is 4. The van der Waals surface area contributed by atoms with Crippen molar-refractivity contribution < 1.29 is 0 Å². The summed E-state index contributed by atoms with van der Waals surface area (Å²) in [4.78, 5) is 3.82. The number of halogens is 1. The average Bonchev–Trinajstić information content (AvgIpc) is 2.70. The van der Waals surface area contributed by atoms with Crippen LogP contribution < -0.4 is 5.32 Å². The maximum Gasteiger partial charge on any atom is 0.0931 e. The smallest absolute Gasteiger partial charge is 0.0931 e. The standard InChI is InChI=1S/C13H21ClN2S/c1-10-9-11(6-8-16(10)2)15-7-5-12-3-4-13(14)17-12/h3-4,10-11,15H,5-9H2,1-2H3. The van der Waals surface area contributed by atoms with Crippen LogP contribution in [-0.2, 0) is 6.42 Å². The second kappa shape index (κ2) is 6.19. The fourth-order valence-corrected chi connectivity index (χ4v) is 3.45. The molecule has 0 aliphatic carbocycles. The maximum atomic E-state index is 5.92. The Hall–Kier alpha value is -0.0900. The molecule has 1 aromatic heterocycles. The minimum atomic E-state index is 0.691. The first-order chi connectivity index (χ1) is 8.15. The normalized spacial score (nSPS) is 26.3. The number of hydrogen-bond acceptors (Lipinski definition) is 3. The highest BCUT2D eigenvalue weighted by Gasteiger charge is 2.21. The zero-order valence-corrected chi connectivity index (χ0v) is 12.2. The van der Waals surface area contributed by atoms with Gasteiger partial charge >= 0.3 is 0 Å². The lowest BCUT2D eigenvalue weighted by molar-refractivity contribution is 0.169. The van der Waals surface area contributed by atoms with Gasteiger partial charge in [-0.3, -0.25) is 0 Å². The molecule has 1 saturated heterocycles. The van der Waals surface area contributed by atoms with E-state index in [9.17, 15) is 0 Å². The molecule has 1 aliphatic rings. The second-order valence-corrected chi connectivity index (χ2v) is 6.76. The van der Waals surface area contributed by atoms with E-state index in [4.69, 9.17) is 11.6 Å². The van der Waals surface area contributed by atoms with Crippen molar-refractivity contribution in [1.29, 1.82) is 0 Å². The molecular formula is C13H21ClN2S. The molecule has 0 saturated carbocycles. The van der Waals surface area contributed by atoms with E-state index in [0.717, 1.165) is 17.3 Å². The number of nitrogens with zero attached hydrogens (tertiary/aromatic N) is 1. The summed E-state index contributed by atoms with van der Waals surface area (Å²) in [6, 6.07) is 5.51. The van der Waals surface area contributed by atoms with E-state index in [2.05, 4.69) is 30.3 Å². The minimum Gasteiger partial charge on any atom is -0.314 e. The average molecular weight is 273 g/mol. The van der Waals surface area contributed by atoms with Gasteiger partial charge in [-0.25, -0.2) is 0 Å². The van der Waals surface area contributed by atoms with Crippen LogP contribution in [0.25, 0.3) is 0 Å². The second-order valence-electron chi connectivity index (χ2n) is 4.96. The molecule has 0 radical (unpaired) electrons. The first kappa shape index (κ1) is 13.3. The van der Waals surface area contributed by atoms with E-state index < -0.39 is 0 Å². The van der Waals surface area contributed by atoms with Gasteiger partial charge in [0.05, 0.1) is 4.34 Å². The minimum absolute atomic E-state index is 0.691. The Morgan fingerprint density at radius 3 is 3.00 bits per heavy atom. The van der Waals surface area contributed by atoms with Gasteiger partial charge in [-0.2, -0.15) is 0 Å². The third-order valence-corrected chi connectivity index (χ3v) is 4.93. The Labute approximate surface area is 113 Å². The molecular weight excluding hydrogens is 252 g/mol. The third-order valence-electron chi connectivity index (χ3n) is 3.64. The summed E-state index contributed by atoms with van der Waals surface area (Å²) in [7, 11) is 2.22. The molecule has 2 nitrogen and oxygen atoms in total. The molecule has 1 fully saturated rings. The van der Waals surface area contributed by atoms with Crippen LogP contribution in [0.5, 0.6) is 0 Å². The molecule has 0 aromatic carbocycles. The van der Waals surface area contributed by atoms with Gasteiger partial charge in [0.1, 0.15) is 0 Å². The van der Waals surface area contributed by atoms with E-state index in [1.54, 1.807) is 11.3 Å². The lowest BCUT2D eigenvalue weighted by atomic mass is 9.99. The predicted octanol–water partition coefficient (Wildman–Crippen LogP) is 3.02. The molecule has 96 valence electrons. The summed E-state index contributed by atoms with van der Waals surface area (Å²) in [5, 5.41) is 3.67. The van der Waals surface area contributed by atoms with E-state index in [-0.39, 0.29) is 0 Å². The van der Waals surface area contributed by atoms with Crippen LogP contribution >= 0.6 is 22.9 Å². The molecule has 0 spiro atoms. The molecule has 0 amide bonds. The van der Waals surface area contributed by atoms with Crippen LogP contribution in [0.15, 0.2) is 12.1 Å². The molecule has 1 N–H and O–H groups in total. The zero-order chi connectivity index (χ0) is 12.3. The number of likely N-dealkylation sites (tertiary alicyclic amines) is 1. The van der Waals surface area contributed by atoms with Crippen molar-refractivity contribution in [1.82, 2.24) is 10.2 Å². The Balaban J connectivity index is 1.69. The maximum absolute atomic E-state index is 5.92. The fraction of sp³-hybridized carbons (Fsp3) is 0.692. The van der Waals surface area contributed by atoms with E-state index in [1.807, 2.05) is 6.07 Å². The Morgan fingerprint density at radius 2 is 2.35 bits per heavy atom. The summed E-state index contributed by atoms with van der Waals surface area (Å²) in [5.74, 6) is 0. The van der Waals surface area contributed by atoms with Gasteiger partial charge in [0.25, 0.3) is 0 Å². The topological polar surface area (TPSA) is 15.3 Å². The van der Waals surface area contributed by atoms with Crippen molar-refractivity contribution in [2.45, 2.75) is 38.3 Å². The summed E-state index contributed by atoms with van der Waals surface area (Å²) in [6.07, 6.45) is 3.63. The first-order valence-electron chi connectivity index (χ1n) is 6.33. The molecule has 4 heteroatoms. The Morgan fingerprint density at radius 1 is 1.53 bits per heavy atom. The molecule has 2 unspecified atom stereocenters. The molecule has 1 aromatic rings. The van der Waals surface area contributed by atoms with Gasteiger partial charge in [-0.15, -0.1) is 11.3 Å². The molecule has 2 rings (SSSR count). The Bertz CT molecular complexity index is 353. The highest BCUT2D eigenvalue weighted by Crippen LogP contribution is 2.21. The van der Waals surface area contributed by atoms with Crippen molar-refractivity contribution in [3.8, 4) is 0 Å². The molecule has 0 bridgehead atoms. The van der Waals surface area contributed by atoms with Gasteiger partial charge in [-0.1, -0.05) is 11.6 Å². The molecule has 1 aliphatic heterocycles. The highest BCUT2D eigenvalue weighted by molar-refractivity contribution is 7.16. The van der Waals surface area contributed by atoms with Crippen LogP contribution in [0.4, 0.5) is 0 Å². The van der Waals surface area contributed by atoms with Crippen LogP contribution in [0.3, 0.4) is 0 Å². The fourth-order valence-electron chi connectivity index (χ4n) is 2.36. The van der Waals surface area contributed by atoms with E-state index in [1.165, 1.54) is 24.3 Å². The molecule has 2 atom stereocenters. The summed E-state index contributed by atoms with van der Waals surface area (Å²) in [6.45, 7) is 4.59. The van der Waals surface area contributed by atoms with Crippen molar-refractivity contribution in [3.63, 3.8) is 0 Å². The van der Waals surface area contributed by atoms with Crippen LogP contribution in [0.2, 0.25) is 4.34 Å². The van der Waals surface area contributed by atoms with Crippen molar-refractivity contribution in [3.05, 3.63) is 21.3 Å². The zero-order valence-electron chi connectivity index (χ0n) is 10.6. The van der Waals surface area contributed by atoms with Crippen LogP contribution in [0, 0.1) is 0 Å². The summed E-state index contributed by atoms with van der Waals surface area (Å²) >= 11 is 7.61. The van der Waals surface area contributed by atoms with Crippen LogP contribution in [0.1, 0.15) is 24.6 Å². The summed E-state index contributed by atoms with van der Waals surface area (Å²) in [5.41, 5.74) is 0. The molecule has 2 heterocycles. The van der Waals surface area contributed by atoms with Gasteiger partial charge in [0.2, 0.25) is 0 Å². The first-order valence-corrected chi connectivity index (χ1v) is 7.52.